The Kier molecular flexibility index (Phi) is 33.4. The minimum Gasteiger partial charge on any atom is -1.00 e. The van der Waals surface area contributed by atoms with E-state index in [1.807, 2.05) is 0 Å². The molecule has 5 nitrogen and oxygen atoms in total. The minimum absolute atomic E-state index is 0. The van der Waals surface area contributed by atoms with Gasteiger partial charge in [-0.2, -0.15) is 0 Å². The van der Waals surface area contributed by atoms with Crippen LogP contribution >= 0.6 is 0 Å². The van der Waals surface area contributed by atoms with Gasteiger partial charge in [0.25, 0.3) is 0 Å². The molecule has 0 aromatic rings. The van der Waals surface area contributed by atoms with Crippen LogP contribution in [0, 0.1) is 0 Å². The van der Waals surface area contributed by atoms with Gasteiger partial charge in [0.2, 0.25) is 0 Å². The molecule has 0 aromatic heterocycles. The first-order chi connectivity index (χ1) is 17.6. The highest BCUT2D eigenvalue weighted by molar-refractivity contribution is 5.70. The van der Waals surface area contributed by atoms with Crippen LogP contribution in [-0.4, -0.2) is 31.2 Å². The van der Waals surface area contributed by atoms with Crippen molar-refractivity contribution in [3.8, 4) is 0 Å². The summed E-state index contributed by atoms with van der Waals surface area (Å²) >= 11 is 0. The van der Waals surface area contributed by atoms with E-state index in [0.29, 0.717) is 19.4 Å². The third-order valence-corrected chi connectivity index (χ3v) is 7.02. The number of ether oxygens (including phenoxy) is 2. The highest BCUT2D eigenvalue weighted by Gasteiger charge is 2.17. The molecule has 0 spiro atoms. The first kappa shape index (κ1) is 38.8. The van der Waals surface area contributed by atoms with Crippen LogP contribution in [0.25, 0.3) is 0 Å². The molecule has 222 valence electrons. The zero-order chi connectivity index (χ0) is 26.5. The van der Waals surface area contributed by atoms with Crippen molar-refractivity contribution in [2.24, 2.45) is 0 Å². The molecule has 0 heterocycles. The molecule has 0 aromatic carbocycles. The van der Waals surface area contributed by atoms with Gasteiger partial charge in [0, 0.05) is 12.8 Å². The zero-order valence-electron chi connectivity index (χ0n) is 24.7. The number of quaternary nitrogens is 1. The lowest BCUT2D eigenvalue weighted by atomic mass is 10.1. The van der Waals surface area contributed by atoms with Gasteiger partial charge in [-0.05, 0) is 12.8 Å². The summed E-state index contributed by atoms with van der Waals surface area (Å²) in [5.74, 6) is -0.383. The van der Waals surface area contributed by atoms with Crippen LogP contribution in [0.1, 0.15) is 168 Å². The quantitative estimate of drug-likeness (QED) is 0.0735. The smallest absolute Gasteiger partial charge is 0.306 e. The number of carbonyl (C=O) groups excluding carboxylic acids is 2. The summed E-state index contributed by atoms with van der Waals surface area (Å²) in [5, 5.41) is 0. The molecule has 0 bridgehead atoms. The van der Waals surface area contributed by atoms with Crippen molar-refractivity contribution in [3.63, 3.8) is 0 Å². The fraction of sp³-hybridized carbons (Fsp3) is 0.935. The van der Waals surface area contributed by atoms with Gasteiger partial charge in [-0.1, -0.05) is 142 Å². The molecule has 6 heteroatoms. The van der Waals surface area contributed by atoms with Crippen LogP contribution in [0.5, 0.6) is 0 Å². The third-order valence-electron chi connectivity index (χ3n) is 7.02. The van der Waals surface area contributed by atoms with E-state index in [1.165, 1.54) is 116 Å². The minimum atomic E-state index is -0.425. The molecular formula is C31H62INO4. The fourth-order valence-corrected chi connectivity index (χ4v) is 4.55. The molecule has 0 aliphatic rings. The lowest BCUT2D eigenvalue weighted by Crippen LogP contribution is -3.00. The van der Waals surface area contributed by atoms with Crippen molar-refractivity contribution in [2.75, 3.05) is 13.2 Å². The van der Waals surface area contributed by atoms with E-state index < -0.39 is 6.10 Å². The zero-order valence-corrected chi connectivity index (χ0v) is 26.8. The van der Waals surface area contributed by atoms with Crippen LogP contribution in [0.2, 0.25) is 0 Å². The summed E-state index contributed by atoms with van der Waals surface area (Å²) in [4.78, 5) is 24.1. The number of esters is 2. The highest BCUT2D eigenvalue weighted by Crippen LogP contribution is 2.13. The molecule has 0 rings (SSSR count). The summed E-state index contributed by atoms with van der Waals surface area (Å²) in [6, 6.07) is 0. The first-order valence-electron chi connectivity index (χ1n) is 15.8. The van der Waals surface area contributed by atoms with Crippen LogP contribution in [0.3, 0.4) is 0 Å². The van der Waals surface area contributed by atoms with Gasteiger partial charge in [0.05, 0.1) is 0 Å². The Balaban J connectivity index is 0. The third kappa shape index (κ3) is 30.0. The average molecular weight is 640 g/mol. The van der Waals surface area contributed by atoms with Crippen molar-refractivity contribution in [2.45, 2.75) is 174 Å². The normalized spacial score (nSPS) is 11.6. The number of hydrogen-bond donors (Lipinski definition) is 1. The SMILES string of the molecule is CCCCCCCCCCCCCC(=O)OCC(C[NH3+])OC(=O)CCCCCCCCCCCCC.[I-]. The molecule has 1 atom stereocenters. The average Bonchev–Trinajstić information content (AvgIpc) is 2.88. The molecule has 1 unspecified atom stereocenters. The molecule has 0 amide bonds. The van der Waals surface area contributed by atoms with E-state index in [9.17, 15) is 9.59 Å². The van der Waals surface area contributed by atoms with Gasteiger partial charge in [0.15, 0.2) is 6.10 Å². The topological polar surface area (TPSA) is 80.2 Å². The lowest BCUT2D eigenvalue weighted by Gasteiger charge is -2.14. The predicted octanol–water partition coefficient (Wildman–Crippen LogP) is 5.09. The van der Waals surface area contributed by atoms with Gasteiger partial charge >= 0.3 is 11.9 Å². The molecule has 0 saturated carbocycles. The van der Waals surface area contributed by atoms with Crippen LogP contribution < -0.4 is 29.7 Å². The number of rotatable bonds is 28. The van der Waals surface area contributed by atoms with E-state index >= 15 is 0 Å². The summed E-state index contributed by atoms with van der Waals surface area (Å²) in [6.07, 6.45) is 28.2. The fourth-order valence-electron chi connectivity index (χ4n) is 4.55. The Morgan fingerprint density at radius 1 is 0.541 bits per heavy atom. The molecule has 0 fully saturated rings. The molecule has 0 saturated heterocycles. The molecule has 0 radical (unpaired) electrons. The summed E-state index contributed by atoms with van der Waals surface area (Å²) in [5.41, 5.74) is 3.84. The number of halogens is 1. The second kappa shape index (κ2) is 31.8. The van der Waals surface area contributed by atoms with E-state index in [-0.39, 0.29) is 42.5 Å². The van der Waals surface area contributed by atoms with E-state index in [0.717, 1.165) is 25.7 Å². The maximum absolute atomic E-state index is 12.1. The highest BCUT2D eigenvalue weighted by atomic mass is 127. The molecule has 37 heavy (non-hydrogen) atoms. The molecular weight excluding hydrogens is 577 g/mol. The summed E-state index contributed by atoms with van der Waals surface area (Å²) in [6.45, 7) is 5.07. The van der Waals surface area contributed by atoms with Crippen molar-refractivity contribution in [3.05, 3.63) is 0 Å². The Morgan fingerprint density at radius 3 is 1.22 bits per heavy atom. The number of hydrogen-bond acceptors (Lipinski definition) is 4. The lowest BCUT2D eigenvalue weighted by molar-refractivity contribution is -0.385. The first-order valence-corrected chi connectivity index (χ1v) is 15.8. The Morgan fingerprint density at radius 2 is 0.865 bits per heavy atom. The standard InChI is InChI=1S/C31H61NO4.HI/c1-3-5-7-9-11-13-15-17-19-21-23-25-30(33)35-28-29(27-32)36-31(34)26-24-22-20-18-16-14-12-10-8-6-4-2;/h29H,3-28,32H2,1-2H3;1H. The monoisotopic (exact) mass is 639 g/mol. The second-order valence-corrected chi connectivity index (χ2v) is 10.7. The van der Waals surface area contributed by atoms with Crippen molar-refractivity contribution >= 4 is 11.9 Å². The van der Waals surface area contributed by atoms with Gasteiger partial charge in [-0.15, -0.1) is 0 Å². The molecule has 0 aliphatic carbocycles. The Bertz CT molecular complexity index is 490. The Hall–Kier alpha value is -0.370. The van der Waals surface area contributed by atoms with Gasteiger partial charge < -0.3 is 39.2 Å². The summed E-state index contributed by atoms with van der Waals surface area (Å²) < 4.78 is 10.8. The predicted molar refractivity (Wildman–Crippen MR) is 151 cm³/mol. The van der Waals surface area contributed by atoms with Gasteiger partial charge in [-0.3, -0.25) is 9.59 Å². The maximum Gasteiger partial charge on any atom is 0.306 e. The number of unbranched alkanes of at least 4 members (excludes halogenated alkanes) is 20. The maximum atomic E-state index is 12.1. The number of carbonyl (C=O) groups is 2. The van der Waals surface area contributed by atoms with Crippen LogP contribution in [-0.2, 0) is 19.1 Å². The van der Waals surface area contributed by atoms with Gasteiger partial charge in [-0.25, -0.2) is 0 Å². The van der Waals surface area contributed by atoms with Gasteiger partial charge in [0.1, 0.15) is 13.2 Å². The van der Waals surface area contributed by atoms with Crippen LogP contribution in [0.15, 0.2) is 0 Å². The van der Waals surface area contributed by atoms with E-state index in [2.05, 4.69) is 19.6 Å². The molecule has 0 aliphatic heterocycles. The van der Waals surface area contributed by atoms with Crippen molar-refractivity contribution in [1.82, 2.24) is 0 Å². The molecule has 3 N–H and O–H groups in total. The largest absolute Gasteiger partial charge is 1.00 e. The Labute approximate surface area is 247 Å². The van der Waals surface area contributed by atoms with Crippen molar-refractivity contribution in [1.29, 1.82) is 0 Å². The van der Waals surface area contributed by atoms with Crippen LogP contribution in [0.4, 0.5) is 0 Å². The van der Waals surface area contributed by atoms with E-state index in [1.54, 1.807) is 0 Å². The second-order valence-electron chi connectivity index (χ2n) is 10.7. The summed E-state index contributed by atoms with van der Waals surface area (Å²) in [7, 11) is 0. The van der Waals surface area contributed by atoms with E-state index in [4.69, 9.17) is 9.47 Å². The van der Waals surface area contributed by atoms with Crippen molar-refractivity contribution < 1.29 is 48.8 Å².